The van der Waals surface area contributed by atoms with Crippen LogP contribution in [0, 0.1) is 13.8 Å². The Morgan fingerprint density at radius 3 is 2.96 bits per heavy atom. The molecule has 0 amide bonds. The Hall–Kier alpha value is -2.90. The summed E-state index contributed by atoms with van der Waals surface area (Å²) in [5.74, 6) is 0.671. The highest BCUT2D eigenvalue weighted by atomic mass is 16.6. The number of nitrogens with zero attached hydrogens (tertiary/aromatic N) is 3. The molecule has 2 unspecified atom stereocenters. The van der Waals surface area contributed by atoms with Crippen molar-refractivity contribution in [2.75, 3.05) is 18.4 Å². The van der Waals surface area contributed by atoms with Crippen LogP contribution in [0.2, 0.25) is 0 Å². The lowest BCUT2D eigenvalue weighted by atomic mass is 10.0. The Balaban J connectivity index is 1.48. The van der Waals surface area contributed by atoms with Crippen molar-refractivity contribution in [1.29, 1.82) is 0 Å². The molecule has 7 nitrogen and oxygen atoms in total. The minimum Gasteiger partial charge on any atom is -0.460 e. The van der Waals surface area contributed by atoms with Crippen molar-refractivity contribution in [1.82, 2.24) is 19.7 Å². The van der Waals surface area contributed by atoms with Crippen LogP contribution in [-0.2, 0) is 0 Å². The number of hydrogen-bond acceptors (Lipinski definition) is 6. The second-order valence-electron chi connectivity index (χ2n) is 7.48. The molecule has 1 fully saturated rings. The molecule has 2 aromatic heterocycles. The van der Waals surface area contributed by atoms with Gasteiger partial charge in [-0.2, -0.15) is 0 Å². The molecule has 2 atom stereocenters. The molecule has 3 aromatic rings. The van der Waals surface area contributed by atoms with Gasteiger partial charge in [0.05, 0.1) is 17.1 Å². The topological polar surface area (TPSA) is 83.7 Å². The fourth-order valence-electron chi connectivity index (χ4n) is 3.93. The van der Waals surface area contributed by atoms with Crippen molar-refractivity contribution in [2.45, 2.75) is 32.6 Å². The van der Waals surface area contributed by atoms with E-state index in [0.717, 1.165) is 47.8 Å². The van der Waals surface area contributed by atoms with Crippen LogP contribution in [-0.4, -0.2) is 44.9 Å². The van der Waals surface area contributed by atoms with E-state index < -0.39 is 6.29 Å². The molecule has 1 saturated heterocycles. The number of fused-ring (bicyclic) bond motifs is 2. The number of nitrogens with one attached hydrogen (secondary N) is 2. The van der Waals surface area contributed by atoms with Crippen LogP contribution in [0.25, 0.3) is 17.3 Å². The van der Waals surface area contributed by atoms with Crippen LogP contribution in [0.3, 0.4) is 0 Å². The van der Waals surface area contributed by atoms with E-state index in [1.165, 1.54) is 0 Å². The van der Waals surface area contributed by atoms with Crippen molar-refractivity contribution in [3.63, 3.8) is 0 Å². The maximum absolute atomic E-state index is 10.6. The fourth-order valence-corrected chi connectivity index (χ4v) is 3.93. The summed E-state index contributed by atoms with van der Waals surface area (Å²) in [6, 6.07) is 6.44. The number of ether oxygens (including phenoxy) is 1. The molecular weight excluding hydrogens is 354 g/mol. The molecule has 28 heavy (non-hydrogen) atoms. The first-order chi connectivity index (χ1) is 13.6. The Kier molecular flexibility index (Phi) is 4.07. The van der Waals surface area contributed by atoms with Gasteiger partial charge < -0.3 is 24.9 Å². The van der Waals surface area contributed by atoms with Crippen molar-refractivity contribution in [3.05, 3.63) is 53.2 Å². The quantitative estimate of drug-likeness (QED) is 0.650. The molecule has 1 aromatic carbocycles. The molecule has 144 valence electrons. The van der Waals surface area contributed by atoms with E-state index in [-0.39, 0.29) is 0 Å². The predicted octanol–water partition coefficient (Wildman–Crippen LogP) is 2.37. The average Bonchev–Trinajstić information content (AvgIpc) is 3.30. The Morgan fingerprint density at radius 2 is 2.14 bits per heavy atom. The molecule has 0 bridgehead atoms. The molecule has 0 saturated carbocycles. The van der Waals surface area contributed by atoms with Gasteiger partial charge in [0.25, 0.3) is 0 Å². The van der Waals surface area contributed by atoms with E-state index in [2.05, 4.69) is 20.6 Å². The van der Waals surface area contributed by atoms with Gasteiger partial charge in [-0.3, -0.25) is 4.98 Å². The van der Waals surface area contributed by atoms with Crippen LogP contribution >= 0.6 is 0 Å². The zero-order valence-electron chi connectivity index (χ0n) is 15.9. The van der Waals surface area contributed by atoms with Crippen LogP contribution in [0.4, 0.5) is 5.69 Å². The smallest absolute Gasteiger partial charge is 0.226 e. The summed E-state index contributed by atoms with van der Waals surface area (Å²) >= 11 is 0. The second-order valence-corrected chi connectivity index (χ2v) is 7.48. The Labute approximate surface area is 163 Å². The third kappa shape index (κ3) is 3.02. The number of anilines is 1. The molecule has 4 heterocycles. The second kappa shape index (κ2) is 6.61. The molecule has 0 radical (unpaired) electrons. The van der Waals surface area contributed by atoms with Gasteiger partial charge in [-0.15, -0.1) is 0 Å². The number of imidazole rings is 1. The first-order valence-electron chi connectivity index (χ1n) is 9.58. The van der Waals surface area contributed by atoms with Crippen molar-refractivity contribution in [3.8, 4) is 5.75 Å². The average molecular weight is 377 g/mol. The van der Waals surface area contributed by atoms with E-state index >= 15 is 0 Å². The first-order valence-corrected chi connectivity index (χ1v) is 9.58. The van der Waals surface area contributed by atoms with Crippen LogP contribution < -0.4 is 15.4 Å². The summed E-state index contributed by atoms with van der Waals surface area (Å²) in [5, 5.41) is 17.5. The first kappa shape index (κ1) is 17.2. The van der Waals surface area contributed by atoms with E-state index in [4.69, 9.17) is 4.74 Å². The van der Waals surface area contributed by atoms with E-state index in [9.17, 15) is 5.11 Å². The summed E-state index contributed by atoms with van der Waals surface area (Å²) in [5.41, 5.74) is 5.83. The lowest BCUT2D eigenvalue weighted by Crippen LogP contribution is -2.23. The van der Waals surface area contributed by atoms with Crippen LogP contribution in [0.5, 0.6) is 5.75 Å². The molecule has 5 rings (SSSR count). The summed E-state index contributed by atoms with van der Waals surface area (Å²) in [6.45, 7) is 5.89. The van der Waals surface area contributed by atoms with Gasteiger partial charge in [0.1, 0.15) is 5.75 Å². The monoisotopic (exact) mass is 377 g/mol. The van der Waals surface area contributed by atoms with Gasteiger partial charge in [-0.25, -0.2) is 4.98 Å². The predicted molar refractivity (Wildman–Crippen MR) is 108 cm³/mol. The summed E-state index contributed by atoms with van der Waals surface area (Å²) in [7, 11) is 0. The Bertz CT molecular complexity index is 1080. The van der Waals surface area contributed by atoms with E-state index in [1.54, 1.807) is 0 Å². The summed E-state index contributed by atoms with van der Waals surface area (Å²) in [6.07, 6.45) is 5.83. The highest BCUT2D eigenvalue weighted by Gasteiger charge is 2.25. The number of hydrogen-bond donors (Lipinski definition) is 3. The zero-order valence-corrected chi connectivity index (χ0v) is 15.9. The lowest BCUT2D eigenvalue weighted by Gasteiger charge is -2.23. The number of aliphatic hydroxyl groups excluding tert-OH is 1. The highest BCUT2D eigenvalue weighted by molar-refractivity contribution is 5.86. The number of aryl methyl sites for hydroxylation is 2. The molecule has 2 aliphatic rings. The van der Waals surface area contributed by atoms with Crippen LogP contribution in [0.1, 0.15) is 29.1 Å². The minimum atomic E-state index is -1.06. The number of aliphatic hydroxyl groups is 1. The van der Waals surface area contributed by atoms with Gasteiger partial charge in [0.15, 0.2) is 5.65 Å². The largest absolute Gasteiger partial charge is 0.460 e. The number of rotatable bonds is 3. The minimum absolute atomic E-state index is 0.427. The van der Waals surface area contributed by atoms with Crippen molar-refractivity contribution >= 4 is 23.0 Å². The summed E-state index contributed by atoms with van der Waals surface area (Å²) in [4.78, 5) is 9.12. The lowest BCUT2D eigenvalue weighted by molar-refractivity contribution is 0.0318. The van der Waals surface area contributed by atoms with E-state index in [0.29, 0.717) is 23.1 Å². The SMILES string of the molecule is Cc1cn2cc(C3=Cc4ccc(NC5CCNC5)cc4OC3O)nc2c(C)n1. The third-order valence-electron chi connectivity index (χ3n) is 5.28. The highest BCUT2D eigenvalue weighted by Crippen LogP contribution is 2.35. The molecule has 7 heteroatoms. The van der Waals surface area contributed by atoms with Crippen molar-refractivity contribution < 1.29 is 9.84 Å². The maximum atomic E-state index is 10.6. The molecule has 0 aliphatic carbocycles. The third-order valence-corrected chi connectivity index (χ3v) is 5.28. The maximum Gasteiger partial charge on any atom is 0.226 e. The van der Waals surface area contributed by atoms with Crippen molar-refractivity contribution in [2.24, 2.45) is 0 Å². The Morgan fingerprint density at radius 1 is 1.25 bits per heavy atom. The van der Waals surface area contributed by atoms with Crippen LogP contribution in [0.15, 0.2) is 30.6 Å². The molecule has 3 N–H and O–H groups in total. The molecular formula is C21H23N5O2. The number of benzene rings is 1. The number of aromatic nitrogens is 3. The zero-order chi connectivity index (χ0) is 19.3. The standard InChI is InChI=1S/C21H23N5O2/c1-12-10-26-11-18(25-20(26)13(2)23-12)17-7-14-3-4-15(8-19(14)28-21(17)27)24-16-5-6-22-9-16/h3-4,7-8,10-11,16,21-22,24,27H,5-6,9H2,1-2H3. The normalized spacial score (nSPS) is 21.3. The van der Waals surface area contributed by atoms with Gasteiger partial charge in [0, 0.05) is 47.9 Å². The summed E-state index contributed by atoms with van der Waals surface area (Å²) < 4.78 is 7.76. The molecule has 2 aliphatic heterocycles. The van der Waals surface area contributed by atoms with Gasteiger partial charge in [0.2, 0.25) is 6.29 Å². The van der Waals surface area contributed by atoms with E-state index in [1.807, 2.05) is 54.9 Å². The fraction of sp³-hybridized carbons (Fsp3) is 0.333. The van der Waals surface area contributed by atoms with Gasteiger partial charge in [-0.05, 0) is 45.0 Å². The molecule has 0 spiro atoms. The van der Waals surface area contributed by atoms with Gasteiger partial charge in [-0.1, -0.05) is 0 Å². The van der Waals surface area contributed by atoms with Gasteiger partial charge >= 0.3 is 0 Å².